The van der Waals surface area contributed by atoms with Crippen molar-refractivity contribution in [2.75, 3.05) is 43.0 Å². The maximum Gasteiger partial charge on any atom is 0.101 e. The fourth-order valence-electron chi connectivity index (χ4n) is 2.16. The molecular weight excluding hydrogens is 242 g/mol. The van der Waals surface area contributed by atoms with Crippen LogP contribution in [0.4, 0.5) is 5.69 Å². The van der Waals surface area contributed by atoms with Gasteiger partial charge in [0.2, 0.25) is 0 Å². The van der Waals surface area contributed by atoms with Gasteiger partial charge in [0.05, 0.1) is 11.3 Å². The maximum atomic E-state index is 9.09. The predicted molar refractivity (Wildman–Crippen MR) is 78.1 cm³/mol. The summed E-state index contributed by atoms with van der Waals surface area (Å²) in [6.45, 7) is 6.38. The molecule has 1 N–H and O–H groups in total. The van der Waals surface area contributed by atoms with E-state index in [0.717, 1.165) is 29.9 Å². The lowest BCUT2D eigenvalue weighted by Crippen LogP contribution is -2.36. The number of para-hydroxylation sites is 1. The van der Waals surface area contributed by atoms with Crippen LogP contribution >= 0.6 is 11.8 Å². The summed E-state index contributed by atoms with van der Waals surface area (Å²) < 4.78 is 0. The molecule has 1 aliphatic rings. The molecule has 0 unspecified atom stereocenters. The molecule has 0 atom stereocenters. The summed E-state index contributed by atoms with van der Waals surface area (Å²) >= 11 is 2.03. The Balaban J connectivity index is 1.88. The molecule has 4 heteroatoms. The third-order valence-electron chi connectivity index (χ3n) is 3.23. The lowest BCUT2D eigenvalue weighted by Gasteiger charge is -2.26. The van der Waals surface area contributed by atoms with E-state index in [2.05, 4.69) is 16.3 Å². The summed E-state index contributed by atoms with van der Waals surface area (Å²) in [7, 11) is 0. The van der Waals surface area contributed by atoms with Gasteiger partial charge >= 0.3 is 0 Å². The normalized spacial score (nSPS) is 16.2. The van der Waals surface area contributed by atoms with Gasteiger partial charge in [-0.15, -0.1) is 0 Å². The Hall–Kier alpha value is -1.18. The van der Waals surface area contributed by atoms with Gasteiger partial charge in [0, 0.05) is 37.7 Å². The van der Waals surface area contributed by atoms with Crippen molar-refractivity contribution >= 4 is 17.4 Å². The zero-order chi connectivity index (χ0) is 12.8. The van der Waals surface area contributed by atoms with E-state index in [1.807, 2.05) is 36.9 Å². The highest BCUT2D eigenvalue weighted by atomic mass is 32.2. The molecule has 1 fully saturated rings. The first kappa shape index (κ1) is 13.3. The average molecular weight is 261 g/mol. The number of hydrogen-bond donors (Lipinski definition) is 1. The van der Waals surface area contributed by atoms with Gasteiger partial charge in [0.1, 0.15) is 6.07 Å². The fourth-order valence-corrected chi connectivity index (χ4v) is 3.14. The molecule has 0 radical (unpaired) electrons. The fraction of sp³-hybridized carbons (Fsp3) is 0.500. The molecule has 0 spiro atoms. The van der Waals surface area contributed by atoms with Crippen LogP contribution in [0.15, 0.2) is 18.2 Å². The summed E-state index contributed by atoms with van der Waals surface area (Å²) in [5.41, 5.74) is 2.87. The van der Waals surface area contributed by atoms with E-state index in [0.29, 0.717) is 0 Å². The molecule has 3 nitrogen and oxygen atoms in total. The minimum atomic E-state index is 0.740. The Kier molecular flexibility index (Phi) is 4.91. The van der Waals surface area contributed by atoms with E-state index >= 15 is 0 Å². The Morgan fingerprint density at radius 1 is 1.39 bits per heavy atom. The number of anilines is 1. The molecule has 1 heterocycles. The Labute approximate surface area is 113 Å². The van der Waals surface area contributed by atoms with E-state index in [1.165, 1.54) is 24.6 Å². The predicted octanol–water partition coefficient (Wildman–Crippen LogP) is 2.33. The molecule has 1 aromatic carbocycles. The molecule has 2 rings (SSSR count). The van der Waals surface area contributed by atoms with E-state index in [1.54, 1.807) is 0 Å². The second-order valence-corrected chi connectivity index (χ2v) is 5.71. The van der Waals surface area contributed by atoms with Crippen LogP contribution < -0.4 is 5.32 Å². The number of hydrogen-bond acceptors (Lipinski definition) is 4. The molecule has 96 valence electrons. The molecule has 18 heavy (non-hydrogen) atoms. The van der Waals surface area contributed by atoms with Crippen LogP contribution in [0.3, 0.4) is 0 Å². The van der Waals surface area contributed by atoms with Crippen molar-refractivity contribution in [3.05, 3.63) is 29.3 Å². The van der Waals surface area contributed by atoms with Crippen molar-refractivity contribution in [3.63, 3.8) is 0 Å². The number of aryl methyl sites for hydroxylation is 1. The van der Waals surface area contributed by atoms with E-state index in [9.17, 15) is 0 Å². The zero-order valence-electron chi connectivity index (χ0n) is 10.8. The van der Waals surface area contributed by atoms with Crippen LogP contribution in [0.1, 0.15) is 11.1 Å². The number of thioether (sulfide) groups is 1. The molecule has 0 saturated carbocycles. The van der Waals surface area contributed by atoms with Crippen LogP contribution in [-0.4, -0.2) is 42.6 Å². The SMILES string of the molecule is Cc1cccc(C#N)c1NCCN1CCSCC1. The minimum Gasteiger partial charge on any atom is -0.382 e. The van der Waals surface area contributed by atoms with Crippen LogP contribution in [-0.2, 0) is 0 Å². The largest absolute Gasteiger partial charge is 0.382 e. The van der Waals surface area contributed by atoms with Gasteiger partial charge in [0.25, 0.3) is 0 Å². The Morgan fingerprint density at radius 2 is 2.17 bits per heavy atom. The minimum absolute atomic E-state index is 0.740. The van der Waals surface area contributed by atoms with Gasteiger partial charge < -0.3 is 5.32 Å². The van der Waals surface area contributed by atoms with Crippen LogP contribution in [0.5, 0.6) is 0 Å². The van der Waals surface area contributed by atoms with Crippen molar-refractivity contribution in [1.82, 2.24) is 4.90 Å². The average Bonchev–Trinajstić information content (AvgIpc) is 2.41. The molecule has 0 bridgehead atoms. The van der Waals surface area contributed by atoms with Gasteiger partial charge in [-0.1, -0.05) is 12.1 Å². The smallest absolute Gasteiger partial charge is 0.101 e. The van der Waals surface area contributed by atoms with E-state index in [4.69, 9.17) is 5.26 Å². The van der Waals surface area contributed by atoms with Crippen molar-refractivity contribution in [2.24, 2.45) is 0 Å². The van der Waals surface area contributed by atoms with Crippen LogP contribution in [0.25, 0.3) is 0 Å². The second kappa shape index (κ2) is 6.67. The lowest BCUT2D eigenvalue weighted by atomic mass is 10.1. The van der Waals surface area contributed by atoms with Gasteiger partial charge in [-0.3, -0.25) is 4.90 Å². The first-order valence-corrected chi connectivity index (χ1v) is 7.50. The first-order chi connectivity index (χ1) is 8.81. The maximum absolute atomic E-state index is 9.09. The van der Waals surface area contributed by atoms with Crippen molar-refractivity contribution < 1.29 is 0 Å². The number of nitrogens with zero attached hydrogens (tertiary/aromatic N) is 2. The molecule has 0 aromatic heterocycles. The van der Waals surface area contributed by atoms with Crippen molar-refractivity contribution in [1.29, 1.82) is 5.26 Å². The van der Waals surface area contributed by atoms with Gasteiger partial charge in [0.15, 0.2) is 0 Å². The lowest BCUT2D eigenvalue weighted by molar-refractivity contribution is 0.314. The monoisotopic (exact) mass is 261 g/mol. The van der Waals surface area contributed by atoms with Crippen LogP contribution in [0, 0.1) is 18.3 Å². The summed E-state index contributed by atoms with van der Waals surface area (Å²) in [6, 6.07) is 8.09. The number of nitrogens with one attached hydrogen (secondary N) is 1. The Morgan fingerprint density at radius 3 is 2.89 bits per heavy atom. The third-order valence-corrected chi connectivity index (χ3v) is 4.17. The highest BCUT2D eigenvalue weighted by molar-refractivity contribution is 7.99. The number of rotatable bonds is 4. The van der Waals surface area contributed by atoms with Gasteiger partial charge in [-0.2, -0.15) is 17.0 Å². The summed E-state index contributed by atoms with van der Waals surface area (Å²) in [5.74, 6) is 2.49. The van der Waals surface area contributed by atoms with E-state index in [-0.39, 0.29) is 0 Å². The molecule has 1 aliphatic heterocycles. The second-order valence-electron chi connectivity index (χ2n) is 4.49. The Bertz CT molecular complexity index is 433. The van der Waals surface area contributed by atoms with Crippen molar-refractivity contribution in [2.45, 2.75) is 6.92 Å². The third kappa shape index (κ3) is 3.41. The molecular formula is C14H19N3S. The zero-order valence-corrected chi connectivity index (χ0v) is 11.6. The summed E-state index contributed by atoms with van der Waals surface area (Å²) in [5, 5.41) is 12.5. The summed E-state index contributed by atoms with van der Waals surface area (Å²) in [6.07, 6.45) is 0. The highest BCUT2D eigenvalue weighted by Crippen LogP contribution is 2.19. The quantitative estimate of drug-likeness (QED) is 0.903. The molecule has 1 aromatic rings. The van der Waals surface area contributed by atoms with Crippen LogP contribution in [0.2, 0.25) is 0 Å². The van der Waals surface area contributed by atoms with Gasteiger partial charge in [-0.05, 0) is 18.6 Å². The van der Waals surface area contributed by atoms with E-state index < -0.39 is 0 Å². The first-order valence-electron chi connectivity index (χ1n) is 6.35. The molecule has 1 saturated heterocycles. The molecule has 0 amide bonds. The topological polar surface area (TPSA) is 39.1 Å². The van der Waals surface area contributed by atoms with Crippen molar-refractivity contribution in [3.8, 4) is 6.07 Å². The standard InChI is InChI=1S/C14H19N3S/c1-12-3-2-4-13(11-15)14(12)16-5-6-17-7-9-18-10-8-17/h2-4,16H,5-10H2,1H3. The summed E-state index contributed by atoms with van der Waals surface area (Å²) in [4.78, 5) is 2.48. The number of nitriles is 1. The number of benzene rings is 1. The highest BCUT2D eigenvalue weighted by Gasteiger charge is 2.10. The molecule has 0 aliphatic carbocycles. The van der Waals surface area contributed by atoms with Gasteiger partial charge in [-0.25, -0.2) is 0 Å².